The number of aromatic nitrogens is 3. The number of benzene rings is 3. The molecule has 10 heteroatoms. The number of aryl methyl sites for hydroxylation is 1. The predicted molar refractivity (Wildman–Crippen MR) is 138 cm³/mol. The lowest BCUT2D eigenvalue weighted by Crippen LogP contribution is -2.34. The summed E-state index contributed by atoms with van der Waals surface area (Å²) in [5, 5.41) is 22.2. The largest absolute Gasteiger partial charge is 0.502 e. The second kappa shape index (κ2) is 11.4. The van der Waals surface area contributed by atoms with Crippen LogP contribution in [-0.2, 0) is 4.79 Å². The number of hydrazone groups is 1. The molecule has 3 aromatic carbocycles. The van der Waals surface area contributed by atoms with Crippen molar-refractivity contribution in [2.75, 3.05) is 20.0 Å². The molecule has 0 aliphatic heterocycles. The van der Waals surface area contributed by atoms with Crippen LogP contribution in [0, 0.1) is 6.92 Å². The van der Waals surface area contributed by atoms with Gasteiger partial charge in [0.25, 0.3) is 11.7 Å². The second-order valence-corrected chi connectivity index (χ2v) is 8.69. The van der Waals surface area contributed by atoms with Gasteiger partial charge in [0, 0.05) is 5.56 Å². The maximum Gasteiger partial charge on any atom is 0.342 e. The monoisotopic (exact) mass is 504 g/mol. The van der Waals surface area contributed by atoms with Crippen LogP contribution in [0.5, 0.6) is 17.2 Å². The summed E-state index contributed by atoms with van der Waals surface area (Å²) in [6.45, 7) is 2.03. The lowest BCUT2D eigenvalue weighted by atomic mass is 10.2. The highest BCUT2D eigenvalue weighted by Crippen LogP contribution is 2.36. The van der Waals surface area contributed by atoms with Crippen molar-refractivity contribution < 1.29 is 23.9 Å². The van der Waals surface area contributed by atoms with Crippen molar-refractivity contribution in [3.63, 3.8) is 0 Å². The number of phenols is 1. The molecule has 1 aromatic heterocycles. The zero-order valence-corrected chi connectivity index (χ0v) is 20.9. The van der Waals surface area contributed by atoms with Crippen LogP contribution in [0.15, 0.2) is 77.0 Å². The number of methoxy groups -OCH3 is 2. The van der Waals surface area contributed by atoms with Crippen molar-refractivity contribution in [2.45, 2.75) is 12.1 Å². The molecule has 0 fully saturated rings. The summed E-state index contributed by atoms with van der Waals surface area (Å²) in [7, 11) is 2.88. The molecule has 0 aliphatic rings. The number of rotatable bonds is 9. The fraction of sp³-hybridized carbons (Fsp3) is 0.154. The normalized spacial score (nSPS) is 11.0. The van der Waals surface area contributed by atoms with E-state index in [1.807, 2.05) is 66.1 Å². The van der Waals surface area contributed by atoms with E-state index in [0.29, 0.717) is 10.7 Å². The summed E-state index contributed by atoms with van der Waals surface area (Å²) in [5.41, 5.74) is 6.17. The van der Waals surface area contributed by atoms with Crippen molar-refractivity contribution in [1.29, 1.82) is 0 Å². The van der Waals surface area contributed by atoms with Crippen LogP contribution in [0.4, 0.5) is 0 Å². The molecule has 0 unspecified atom stereocenters. The number of nitrogens with one attached hydrogen (secondary N) is 2. The van der Waals surface area contributed by atoms with Crippen LogP contribution < -0.4 is 19.5 Å². The van der Waals surface area contributed by atoms with Crippen molar-refractivity contribution in [3.05, 3.63) is 77.9 Å². The minimum atomic E-state index is -0.298. The van der Waals surface area contributed by atoms with Gasteiger partial charge in [-0.2, -0.15) is 9.67 Å². The van der Waals surface area contributed by atoms with Gasteiger partial charge in [-0.05, 0) is 55.1 Å². The molecule has 0 saturated heterocycles. The molecule has 0 saturated carbocycles. The van der Waals surface area contributed by atoms with E-state index >= 15 is 0 Å². The third kappa shape index (κ3) is 5.66. The van der Waals surface area contributed by atoms with Gasteiger partial charge >= 0.3 is 5.16 Å². The van der Waals surface area contributed by atoms with Gasteiger partial charge < -0.3 is 14.6 Å². The highest BCUT2D eigenvalue weighted by Gasteiger charge is 2.24. The number of thioether (sulfide) groups is 1. The second-order valence-electron chi connectivity index (χ2n) is 7.75. The Hall–Kier alpha value is -4.31. The van der Waals surface area contributed by atoms with Gasteiger partial charge in [0.2, 0.25) is 5.75 Å². The van der Waals surface area contributed by atoms with Crippen LogP contribution in [-0.4, -0.2) is 47.4 Å². The van der Waals surface area contributed by atoms with Crippen LogP contribution in [0.2, 0.25) is 0 Å². The Bertz CT molecular complexity index is 1350. The topological polar surface area (TPSA) is 113 Å². The number of nitrogens with zero attached hydrogens (tertiary/aromatic N) is 3. The first-order valence-electron chi connectivity index (χ1n) is 11.0. The Morgan fingerprint density at radius 3 is 2.42 bits per heavy atom. The molecule has 0 spiro atoms. The zero-order valence-electron chi connectivity index (χ0n) is 20.1. The van der Waals surface area contributed by atoms with Gasteiger partial charge in [-0.15, -0.1) is 5.10 Å². The number of phenolic OH excluding ortho intramolecular Hbond substituents is 1. The van der Waals surface area contributed by atoms with Crippen molar-refractivity contribution >= 4 is 23.9 Å². The van der Waals surface area contributed by atoms with Gasteiger partial charge in [-0.25, -0.2) is 5.43 Å². The number of H-pyrrole nitrogens is 1. The number of ether oxygens (including phenoxy) is 2. The number of amides is 1. The van der Waals surface area contributed by atoms with E-state index in [0.717, 1.165) is 22.6 Å². The molecule has 3 N–H and O–H groups in total. The van der Waals surface area contributed by atoms with Crippen molar-refractivity contribution in [2.24, 2.45) is 5.10 Å². The van der Waals surface area contributed by atoms with Crippen LogP contribution in [0.3, 0.4) is 0 Å². The summed E-state index contributed by atoms with van der Waals surface area (Å²) >= 11 is 1.29. The van der Waals surface area contributed by atoms with Crippen LogP contribution in [0.25, 0.3) is 17.1 Å². The van der Waals surface area contributed by atoms with Gasteiger partial charge in [0.1, 0.15) is 5.69 Å². The lowest BCUT2D eigenvalue weighted by molar-refractivity contribution is -0.625. The Labute approximate surface area is 212 Å². The first kappa shape index (κ1) is 24.8. The molecule has 1 amide bonds. The third-order valence-electron chi connectivity index (χ3n) is 5.25. The molecule has 36 heavy (non-hydrogen) atoms. The maximum absolute atomic E-state index is 12.5. The molecule has 0 radical (unpaired) electrons. The predicted octanol–water partition coefficient (Wildman–Crippen LogP) is 3.63. The first-order chi connectivity index (χ1) is 17.5. The number of carbonyl (C=O) groups is 1. The van der Waals surface area contributed by atoms with Crippen molar-refractivity contribution in [1.82, 2.24) is 15.6 Å². The van der Waals surface area contributed by atoms with Crippen LogP contribution in [0.1, 0.15) is 11.1 Å². The Kier molecular flexibility index (Phi) is 7.86. The standard InChI is InChI=1S/C26H25N5O4S/c1-17-9-11-20(12-10-17)31-25(19-7-5-4-6-8-19)29-30-26(31)36-16-23(32)28-27-15-18-13-21(34-2)24(33)22(14-18)35-3/h4-15H,16H2,1-3H3,(H2,27,28,32,33)/p+1. The van der Waals surface area contributed by atoms with Crippen LogP contribution >= 0.6 is 11.8 Å². The van der Waals surface area contributed by atoms with Gasteiger partial charge in [-0.1, -0.05) is 35.9 Å². The fourth-order valence-corrected chi connectivity index (χ4v) is 4.21. The van der Waals surface area contributed by atoms with E-state index in [4.69, 9.17) is 9.47 Å². The van der Waals surface area contributed by atoms with Crippen molar-refractivity contribution in [3.8, 4) is 34.3 Å². The molecule has 4 rings (SSSR count). The average Bonchev–Trinajstić information content (AvgIpc) is 3.33. The Morgan fingerprint density at radius 2 is 1.78 bits per heavy atom. The Morgan fingerprint density at radius 1 is 1.11 bits per heavy atom. The van der Waals surface area contributed by atoms with E-state index < -0.39 is 0 Å². The number of hydrogen-bond donors (Lipinski definition) is 3. The van der Waals surface area contributed by atoms with Gasteiger partial charge in [-0.3, -0.25) is 4.79 Å². The summed E-state index contributed by atoms with van der Waals surface area (Å²) in [5.74, 6) is 1.000. The quantitative estimate of drug-likeness (QED) is 0.139. The summed E-state index contributed by atoms with van der Waals surface area (Å²) in [6.07, 6.45) is 1.45. The van der Waals surface area contributed by atoms with E-state index in [1.165, 1.54) is 32.2 Å². The molecule has 0 aliphatic carbocycles. The van der Waals surface area contributed by atoms with Gasteiger partial charge in [0.05, 0.1) is 36.8 Å². The summed E-state index contributed by atoms with van der Waals surface area (Å²) < 4.78 is 12.3. The molecule has 0 atom stereocenters. The average molecular weight is 505 g/mol. The molecule has 184 valence electrons. The number of carbonyl (C=O) groups excluding carboxylic acids is 1. The van der Waals surface area contributed by atoms with E-state index in [1.54, 1.807) is 12.1 Å². The Balaban J connectivity index is 1.48. The lowest BCUT2D eigenvalue weighted by Gasteiger charge is -2.09. The van der Waals surface area contributed by atoms with E-state index in [9.17, 15) is 9.90 Å². The number of hydrogen-bond acceptors (Lipinski definition) is 7. The molecule has 9 nitrogen and oxygen atoms in total. The molecular formula is C26H26N5O4S+. The summed E-state index contributed by atoms with van der Waals surface area (Å²) in [6, 6.07) is 21.2. The summed E-state index contributed by atoms with van der Waals surface area (Å²) in [4.78, 5) is 12.5. The molecule has 4 aromatic rings. The molecule has 1 heterocycles. The van der Waals surface area contributed by atoms with E-state index in [-0.39, 0.29) is 28.9 Å². The molecule has 0 bridgehead atoms. The van der Waals surface area contributed by atoms with Gasteiger partial charge in [0.15, 0.2) is 11.5 Å². The first-order valence-corrected chi connectivity index (χ1v) is 12.0. The maximum atomic E-state index is 12.5. The number of aromatic hydroxyl groups is 1. The smallest absolute Gasteiger partial charge is 0.342 e. The minimum Gasteiger partial charge on any atom is -0.502 e. The van der Waals surface area contributed by atoms with E-state index in [2.05, 4.69) is 20.7 Å². The highest BCUT2D eigenvalue weighted by atomic mass is 32.2. The minimum absolute atomic E-state index is 0.102. The zero-order chi connectivity index (χ0) is 25.5. The SMILES string of the molecule is COc1cc(C=NNC(=O)CSc2n[nH]c(-c3ccccc3)[n+]2-c2ccc(C)cc2)cc(OC)c1O. The highest BCUT2D eigenvalue weighted by molar-refractivity contribution is 7.99. The fourth-order valence-electron chi connectivity index (χ4n) is 3.45. The molecular weight excluding hydrogens is 478 g/mol. The third-order valence-corrected chi connectivity index (χ3v) is 6.19. The number of aromatic amines is 1.